The maximum absolute atomic E-state index is 9.73. The lowest BCUT2D eigenvalue weighted by Crippen LogP contribution is -2.23. The van der Waals surface area contributed by atoms with E-state index in [-0.39, 0.29) is 12.2 Å². The highest BCUT2D eigenvalue weighted by Crippen LogP contribution is 2.19. The smallest absolute Gasteiger partial charge is 0.124 e. The highest BCUT2D eigenvalue weighted by atomic mass is 16.5. The average Bonchev–Trinajstić information content (AvgIpc) is 2.35. The molecule has 0 saturated carbocycles. The molecule has 3 heteroatoms. The number of rotatable bonds is 8. The molecule has 0 aliphatic rings. The number of aliphatic hydroxyl groups is 1. The number of para-hydroxylation sites is 1. The summed E-state index contributed by atoms with van der Waals surface area (Å²) < 4.78 is 5.77. The van der Waals surface area contributed by atoms with Gasteiger partial charge < -0.3 is 15.2 Å². The maximum Gasteiger partial charge on any atom is 0.124 e. The van der Waals surface area contributed by atoms with Crippen LogP contribution in [0.1, 0.15) is 39.7 Å². The van der Waals surface area contributed by atoms with E-state index in [9.17, 15) is 5.11 Å². The Bertz CT molecular complexity index is 364. The Morgan fingerprint density at radius 1 is 1.16 bits per heavy atom. The molecule has 0 heterocycles. The van der Waals surface area contributed by atoms with E-state index in [0.29, 0.717) is 5.92 Å². The minimum atomic E-state index is -0.227. The van der Waals surface area contributed by atoms with Gasteiger partial charge in [0.15, 0.2) is 0 Å². The second-order valence-electron chi connectivity index (χ2n) is 5.55. The van der Waals surface area contributed by atoms with Gasteiger partial charge in [-0.15, -0.1) is 0 Å². The largest absolute Gasteiger partial charge is 0.491 e. The van der Waals surface area contributed by atoms with Crippen molar-refractivity contribution in [2.75, 3.05) is 6.54 Å². The zero-order valence-electron chi connectivity index (χ0n) is 12.5. The number of hydrogen-bond acceptors (Lipinski definition) is 3. The van der Waals surface area contributed by atoms with Gasteiger partial charge in [0.25, 0.3) is 0 Å². The summed E-state index contributed by atoms with van der Waals surface area (Å²) in [6.07, 6.45) is 0.740. The minimum absolute atomic E-state index is 0.184. The van der Waals surface area contributed by atoms with Crippen molar-refractivity contribution in [3.05, 3.63) is 29.8 Å². The van der Waals surface area contributed by atoms with Gasteiger partial charge in [-0.3, -0.25) is 0 Å². The second-order valence-corrected chi connectivity index (χ2v) is 5.55. The molecule has 0 aliphatic heterocycles. The fourth-order valence-electron chi connectivity index (χ4n) is 1.83. The third-order valence-electron chi connectivity index (χ3n) is 3.04. The maximum atomic E-state index is 9.73. The Morgan fingerprint density at radius 2 is 1.84 bits per heavy atom. The van der Waals surface area contributed by atoms with Crippen molar-refractivity contribution in [3.8, 4) is 5.75 Å². The van der Waals surface area contributed by atoms with Crippen molar-refractivity contribution in [1.82, 2.24) is 5.32 Å². The lowest BCUT2D eigenvalue weighted by atomic mass is 10.0. The van der Waals surface area contributed by atoms with Crippen LogP contribution >= 0.6 is 0 Å². The molecule has 0 saturated heterocycles. The van der Waals surface area contributed by atoms with E-state index in [1.54, 1.807) is 0 Å². The highest BCUT2D eigenvalue weighted by molar-refractivity contribution is 5.33. The van der Waals surface area contributed by atoms with Crippen molar-refractivity contribution in [2.45, 2.75) is 52.9 Å². The summed E-state index contributed by atoms with van der Waals surface area (Å²) in [6, 6.07) is 8.08. The van der Waals surface area contributed by atoms with E-state index < -0.39 is 0 Å². The molecule has 1 aromatic rings. The Morgan fingerprint density at radius 3 is 2.47 bits per heavy atom. The van der Waals surface area contributed by atoms with E-state index in [0.717, 1.165) is 30.8 Å². The monoisotopic (exact) mass is 265 g/mol. The fraction of sp³-hybridized carbons (Fsp3) is 0.625. The highest BCUT2D eigenvalue weighted by Gasteiger charge is 2.09. The first kappa shape index (κ1) is 16.0. The minimum Gasteiger partial charge on any atom is -0.491 e. The molecule has 0 spiro atoms. The van der Waals surface area contributed by atoms with Crippen LogP contribution in [0.3, 0.4) is 0 Å². The van der Waals surface area contributed by atoms with E-state index in [1.807, 2.05) is 45.9 Å². The van der Waals surface area contributed by atoms with Crippen LogP contribution in [-0.2, 0) is 6.54 Å². The molecule has 0 aliphatic carbocycles. The van der Waals surface area contributed by atoms with Crippen LogP contribution in [0.2, 0.25) is 0 Å². The van der Waals surface area contributed by atoms with Crippen LogP contribution in [0.5, 0.6) is 5.75 Å². The quantitative estimate of drug-likeness (QED) is 0.710. The van der Waals surface area contributed by atoms with Gasteiger partial charge in [-0.05, 0) is 38.8 Å². The normalized spacial score (nSPS) is 13.0. The van der Waals surface area contributed by atoms with Crippen LogP contribution in [-0.4, -0.2) is 23.9 Å². The predicted octanol–water partition coefficient (Wildman–Crippen LogP) is 2.97. The van der Waals surface area contributed by atoms with Gasteiger partial charge in [0, 0.05) is 12.1 Å². The van der Waals surface area contributed by atoms with Crippen LogP contribution in [0.15, 0.2) is 24.3 Å². The first-order valence-electron chi connectivity index (χ1n) is 7.14. The number of benzene rings is 1. The topological polar surface area (TPSA) is 41.5 Å². The molecular formula is C16H27NO2. The standard InChI is InChI=1S/C16H27NO2/c1-12(2)15(18)9-10-17-11-14-7-5-6-8-16(14)19-13(3)4/h5-8,12-13,15,17-18H,9-11H2,1-4H3. The van der Waals surface area contributed by atoms with E-state index in [1.165, 1.54) is 0 Å². The number of hydrogen-bond donors (Lipinski definition) is 2. The molecule has 3 nitrogen and oxygen atoms in total. The molecular weight excluding hydrogens is 238 g/mol. The Balaban J connectivity index is 2.40. The molecule has 1 aromatic carbocycles. The van der Waals surface area contributed by atoms with Crippen LogP contribution in [0.4, 0.5) is 0 Å². The molecule has 0 bridgehead atoms. The second kappa shape index (κ2) is 8.18. The van der Waals surface area contributed by atoms with Crippen molar-refractivity contribution in [3.63, 3.8) is 0 Å². The molecule has 0 radical (unpaired) electrons. The molecule has 0 fully saturated rings. The molecule has 0 aromatic heterocycles. The first-order valence-corrected chi connectivity index (χ1v) is 7.14. The van der Waals surface area contributed by atoms with Gasteiger partial charge in [0.05, 0.1) is 12.2 Å². The van der Waals surface area contributed by atoms with E-state index in [4.69, 9.17) is 4.74 Å². The van der Waals surface area contributed by atoms with Crippen LogP contribution < -0.4 is 10.1 Å². The molecule has 108 valence electrons. The van der Waals surface area contributed by atoms with Crippen molar-refractivity contribution in [2.24, 2.45) is 5.92 Å². The summed E-state index contributed by atoms with van der Waals surface area (Å²) in [5.74, 6) is 1.26. The lowest BCUT2D eigenvalue weighted by Gasteiger charge is -2.16. The number of ether oxygens (including phenoxy) is 1. The van der Waals surface area contributed by atoms with E-state index in [2.05, 4.69) is 11.4 Å². The van der Waals surface area contributed by atoms with Crippen molar-refractivity contribution in [1.29, 1.82) is 0 Å². The molecule has 0 amide bonds. The summed E-state index contributed by atoms with van der Waals surface area (Å²) in [5, 5.41) is 13.1. The van der Waals surface area contributed by atoms with Crippen LogP contribution in [0.25, 0.3) is 0 Å². The van der Waals surface area contributed by atoms with Crippen molar-refractivity contribution >= 4 is 0 Å². The zero-order chi connectivity index (χ0) is 14.3. The SMILES string of the molecule is CC(C)Oc1ccccc1CNCCC(O)C(C)C. The third-order valence-corrected chi connectivity index (χ3v) is 3.04. The summed E-state index contributed by atoms with van der Waals surface area (Å²) >= 11 is 0. The fourth-order valence-corrected chi connectivity index (χ4v) is 1.83. The summed E-state index contributed by atoms with van der Waals surface area (Å²) in [5.41, 5.74) is 1.16. The van der Waals surface area contributed by atoms with Gasteiger partial charge in [-0.1, -0.05) is 32.0 Å². The Labute approximate surface area is 117 Å². The van der Waals surface area contributed by atoms with Gasteiger partial charge in [0.1, 0.15) is 5.75 Å². The Hall–Kier alpha value is -1.06. The van der Waals surface area contributed by atoms with Gasteiger partial charge in [-0.2, -0.15) is 0 Å². The van der Waals surface area contributed by atoms with Gasteiger partial charge in [-0.25, -0.2) is 0 Å². The summed E-state index contributed by atoms with van der Waals surface area (Å²) in [4.78, 5) is 0. The number of nitrogens with one attached hydrogen (secondary N) is 1. The molecule has 19 heavy (non-hydrogen) atoms. The summed E-state index contributed by atoms with van der Waals surface area (Å²) in [7, 11) is 0. The molecule has 1 unspecified atom stereocenters. The van der Waals surface area contributed by atoms with E-state index >= 15 is 0 Å². The zero-order valence-corrected chi connectivity index (χ0v) is 12.5. The summed E-state index contributed by atoms with van der Waals surface area (Å²) in [6.45, 7) is 9.72. The first-order chi connectivity index (χ1) is 9.00. The predicted molar refractivity (Wildman–Crippen MR) is 79.4 cm³/mol. The Kier molecular flexibility index (Phi) is 6.89. The van der Waals surface area contributed by atoms with Crippen molar-refractivity contribution < 1.29 is 9.84 Å². The molecule has 2 N–H and O–H groups in total. The lowest BCUT2D eigenvalue weighted by molar-refractivity contribution is 0.116. The molecule has 1 rings (SSSR count). The average molecular weight is 265 g/mol. The molecule has 1 atom stereocenters. The number of aliphatic hydroxyl groups excluding tert-OH is 1. The third kappa shape index (κ3) is 6.08. The van der Waals surface area contributed by atoms with Crippen LogP contribution in [0, 0.1) is 5.92 Å². The van der Waals surface area contributed by atoms with Gasteiger partial charge in [0.2, 0.25) is 0 Å². The van der Waals surface area contributed by atoms with Gasteiger partial charge >= 0.3 is 0 Å².